The largest absolute Gasteiger partial charge is 0.355 e. The van der Waals surface area contributed by atoms with Gasteiger partial charge in [0.25, 0.3) is 5.91 Å². The number of benzene rings is 2. The summed E-state index contributed by atoms with van der Waals surface area (Å²) in [4.78, 5) is 27.8. The molecular weight excluding hydrogens is 416 g/mol. The highest BCUT2D eigenvalue weighted by Gasteiger charge is 2.39. The fraction of sp³-hybridized carbons (Fsp3) is 0.292. The predicted molar refractivity (Wildman–Crippen MR) is 113 cm³/mol. The summed E-state index contributed by atoms with van der Waals surface area (Å²) in [7, 11) is 0. The summed E-state index contributed by atoms with van der Waals surface area (Å²) in [6, 6.07) is 13.1. The summed E-state index contributed by atoms with van der Waals surface area (Å²) < 4.78 is 32.0. The minimum Gasteiger partial charge on any atom is -0.355 e. The molecule has 6 nitrogen and oxygen atoms in total. The van der Waals surface area contributed by atoms with Gasteiger partial charge in [0.1, 0.15) is 6.04 Å². The molecule has 4 rings (SSSR count). The van der Waals surface area contributed by atoms with Gasteiger partial charge in [-0.2, -0.15) is 0 Å². The zero-order valence-electron chi connectivity index (χ0n) is 17.7. The molecule has 1 aromatic heterocycles. The first-order valence-electron chi connectivity index (χ1n) is 10.4. The fourth-order valence-electron chi connectivity index (χ4n) is 3.87. The highest BCUT2D eigenvalue weighted by Crippen LogP contribution is 2.27. The Morgan fingerprint density at radius 3 is 2.59 bits per heavy atom. The number of amides is 2. The first kappa shape index (κ1) is 21.7. The van der Waals surface area contributed by atoms with Crippen LogP contribution in [0.5, 0.6) is 0 Å². The lowest BCUT2D eigenvalue weighted by atomic mass is 9.95. The monoisotopic (exact) mass is 439 g/mol. The summed E-state index contributed by atoms with van der Waals surface area (Å²) in [5, 5.41) is 6.86. The van der Waals surface area contributed by atoms with Crippen molar-refractivity contribution in [2.24, 2.45) is 5.92 Å². The maximum Gasteiger partial charge on any atom is 0.276 e. The molecule has 1 saturated heterocycles. The summed E-state index contributed by atoms with van der Waals surface area (Å²) >= 11 is 0. The summed E-state index contributed by atoms with van der Waals surface area (Å²) in [5.41, 5.74) is 1.15. The van der Waals surface area contributed by atoms with Gasteiger partial charge in [-0.05, 0) is 36.1 Å². The zero-order chi connectivity index (χ0) is 22.8. The van der Waals surface area contributed by atoms with Gasteiger partial charge in [0.05, 0.1) is 6.04 Å². The number of carbonyl (C=O) groups is 2. The lowest BCUT2D eigenvalue weighted by molar-refractivity contribution is -0.130. The SMILES string of the molecule is CC(C)CC1C(=O)NC(c2ccccc2)CN1C(=O)c1cc(-c2ccc(F)c(F)c2)on1. The average molecular weight is 439 g/mol. The van der Waals surface area contributed by atoms with Crippen LogP contribution in [-0.2, 0) is 4.79 Å². The highest BCUT2D eigenvalue weighted by molar-refractivity contribution is 5.97. The lowest BCUT2D eigenvalue weighted by Crippen LogP contribution is -2.58. The minimum absolute atomic E-state index is 0.000000892. The van der Waals surface area contributed by atoms with E-state index in [0.717, 1.165) is 17.7 Å². The number of halogens is 2. The number of hydrogen-bond donors (Lipinski definition) is 1. The number of nitrogens with one attached hydrogen (secondary N) is 1. The molecule has 0 bridgehead atoms. The van der Waals surface area contributed by atoms with Gasteiger partial charge in [-0.1, -0.05) is 49.3 Å². The lowest BCUT2D eigenvalue weighted by Gasteiger charge is -2.40. The van der Waals surface area contributed by atoms with Crippen LogP contribution in [0.1, 0.15) is 42.4 Å². The number of hydrogen-bond acceptors (Lipinski definition) is 4. The Bertz CT molecular complexity index is 1130. The number of nitrogens with zero attached hydrogens (tertiary/aromatic N) is 2. The standard InChI is InChI=1S/C24H23F2N3O3/c1-14(2)10-21-23(30)27-20(15-6-4-3-5-7-15)13-29(21)24(31)19-12-22(32-28-19)16-8-9-17(25)18(26)11-16/h3-9,11-12,14,20-21H,10,13H2,1-2H3,(H,27,30). The molecule has 0 aliphatic carbocycles. The van der Waals surface area contributed by atoms with E-state index in [0.29, 0.717) is 6.42 Å². The predicted octanol–water partition coefficient (Wildman–Crippen LogP) is 4.35. The molecule has 166 valence electrons. The van der Waals surface area contributed by atoms with E-state index >= 15 is 0 Å². The van der Waals surface area contributed by atoms with Crippen molar-refractivity contribution in [2.75, 3.05) is 6.54 Å². The van der Waals surface area contributed by atoms with Gasteiger partial charge < -0.3 is 14.7 Å². The Morgan fingerprint density at radius 1 is 1.16 bits per heavy atom. The van der Waals surface area contributed by atoms with Crippen LogP contribution in [0, 0.1) is 17.6 Å². The Kier molecular flexibility index (Phi) is 6.03. The van der Waals surface area contributed by atoms with Crippen molar-refractivity contribution in [3.8, 4) is 11.3 Å². The molecule has 1 aliphatic rings. The normalized spacial score (nSPS) is 18.7. The molecule has 1 fully saturated rings. The van der Waals surface area contributed by atoms with Gasteiger partial charge in [0, 0.05) is 18.2 Å². The Balaban J connectivity index is 1.63. The number of rotatable bonds is 5. The van der Waals surface area contributed by atoms with E-state index in [-0.39, 0.29) is 41.4 Å². The molecule has 0 saturated carbocycles. The van der Waals surface area contributed by atoms with Crippen LogP contribution in [0.15, 0.2) is 59.1 Å². The van der Waals surface area contributed by atoms with Crippen molar-refractivity contribution < 1.29 is 22.9 Å². The van der Waals surface area contributed by atoms with E-state index in [1.165, 1.54) is 17.0 Å². The van der Waals surface area contributed by atoms with Gasteiger partial charge in [-0.25, -0.2) is 8.78 Å². The molecule has 8 heteroatoms. The quantitative estimate of drug-likeness (QED) is 0.642. The summed E-state index contributed by atoms with van der Waals surface area (Å²) in [6.45, 7) is 4.24. The van der Waals surface area contributed by atoms with Crippen LogP contribution in [0.4, 0.5) is 8.78 Å². The molecule has 2 amide bonds. The van der Waals surface area contributed by atoms with Crippen LogP contribution in [0.25, 0.3) is 11.3 Å². The van der Waals surface area contributed by atoms with Crippen molar-refractivity contribution in [1.29, 1.82) is 0 Å². The first-order chi connectivity index (χ1) is 15.3. The second-order valence-electron chi connectivity index (χ2n) is 8.28. The molecule has 3 aromatic rings. The molecule has 2 aromatic carbocycles. The maximum absolute atomic E-state index is 13.6. The minimum atomic E-state index is -1.03. The summed E-state index contributed by atoms with van der Waals surface area (Å²) in [6.07, 6.45) is 0.493. The van der Waals surface area contributed by atoms with E-state index in [9.17, 15) is 18.4 Å². The molecule has 2 atom stereocenters. The average Bonchev–Trinajstić information content (AvgIpc) is 3.27. The molecule has 1 aliphatic heterocycles. The Hall–Kier alpha value is -3.55. The van der Waals surface area contributed by atoms with Crippen LogP contribution < -0.4 is 5.32 Å². The Morgan fingerprint density at radius 2 is 1.91 bits per heavy atom. The van der Waals surface area contributed by atoms with Gasteiger partial charge in [0.15, 0.2) is 23.1 Å². The van der Waals surface area contributed by atoms with Crippen LogP contribution >= 0.6 is 0 Å². The van der Waals surface area contributed by atoms with Crippen molar-refractivity contribution in [1.82, 2.24) is 15.4 Å². The van der Waals surface area contributed by atoms with E-state index in [1.54, 1.807) is 0 Å². The molecular formula is C24H23F2N3O3. The third-order valence-electron chi connectivity index (χ3n) is 5.47. The Labute approximate surface area is 184 Å². The van der Waals surface area contributed by atoms with Gasteiger partial charge >= 0.3 is 0 Å². The van der Waals surface area contributed by atoms with Crippen LogP contribution in [0.3, 0.4) is 0 Å². The smallest absolute Gasteiger partial charge is 0.276 e. The topological polar surface area (TPSA) is 75.4 Å². The first-order valence-corrected chi connectivity index (χ1v) is 10.4. The van der Waals surface area contributed by atoms with Crippen molar-refractivity contribution in [2.45, 2.75) is 32.4 Å². The third kappa shape index (κ3) is 4.39. The summed E-state index contributed by atoms with van der Waals surface area (Å²) in [5.74, 6) is -2.37. The van der Waals surface area contributed by atoms with E-state index in [1.807, 2.05) is 44.2 Å². The van der Waals surface area contributed by atoms with Gasteiger partial charge in [0.2, 0.25) is 5.91 Å². The number of carbonyl (C=O) groups excluding carboxylic acids is 2. The van der Waals surface area contributed by atoms with E-state index in [4.69, 9.17) is 4.52 Å². The van der Waals surface area contributed by atoms with Crippen molar-refractivity contribution in [3.05, 3.63) is 77.5 Å². The molecule has 0 spiro atoms. The second kappa shape index (κ2) is 8.90. The molecule has 1 N–H and O–H groups in total. The molecule has 0 radical (unpaired) electrons. The van der Waals surface area contributed by atoms with E-state index < -0.39 is 23.6 Å². The maximum atomic E-state index is 13.6. The van der Waals surface area contributed by atoms with Crippen LogP contribution in [-0.4, -0.2) is 34.5 Å². The highest BCUT2D eigenvalue weighted by atomic mass is 19.2. The van der Waals surface area contributed by atoms with Gasteiger partial charge in [-0.15, -0.1) is 0 Å². The third-order valence-corrected chi connectivity index (χ3v) is 5.47. The van der Waals surface area contributed by atoms with Crippen molar-refractivity contribution >= 4 is 11.8 Å². The number of piperazine rings is 1. The zero-order valence-corrected chi connectivity index (χ0v) is 17.7. The van der Waals surface area contributed by atoms with Crippen molar-refractivity contribution in [3.63, 3.8) is 0 Å². The van der Waals surface area contributed by atoms with Gasteiger partial charge in [-0.3, -0.25) is 9.59 Å². The number of aromatic nitrogens is 1. The second-order valence-corrected chi connectivity index (χ2v) is 8.28. The molecule has 2 unspecified atom stereocenters. The fourth-order valence-corrected chi connectivity index (χ4v) is 3.87. The molecule has 32 heavy (non-hydrogen) atoms. The van der Waals surface area contributed by atoms with E-state index in [2.05, 4.69) is 10.5 Å². The molecule has 2 heterocycles. The van der Waals surface area contributed by atoms with Crippen LogP contribution in [0.2, 0.25) is 0 Å².